The maximum absolute atomic E-state index is 11.8. The summed E-state index contributed by atoms with van der Waals surface area (Å²) in [4.78, 5) is 11.8. The molecular weight excluding hydrogens is 264 g/mol. The maximum Gasteiger partial charge on any atom is 0.220 e. The summed E-state index contributed by atoms with van der Waals surface area (Å²) in [6.45, 7) is 4.89. The van der Waals surface area contributed by atoms with Crippen LogP contribution < -0.4 is 15.4 Å². The third-order valence-corrected chi connectivity index (χ3v) is 4.09. The molecule has 2 rings (SSSR count). The van der Waals surface area contributed by atoms with Crippen molar-refractivity contribution in [2.24, 2.45) is 5.92 Å². The van der Waals surface area contributed by atoms with Crippen molar-refractivity contribution in [1.29, 1.82) is 0 Å². The summed E-state index contributed by atoms with van der Waals surface area (Å²) >= 11 is 0. The van der Waals surface area contributed by atoms with Gasteiger partial charge >= 0.3 is 0 Å². The molecule has 1 saturated heterocycles. The first kappa shape index (κ1) is 15.8. The van der Waals surface area contributed by atoms with Gasteiger partial charge in [0.15, 0.2) is 0 Å². The Bertz CT molecular complexity index is 468. The predicted molar refractivity (Wildman–Crippen MR) is 84.7 cm³/mol. The minimum absolute atomic E-state index is 0.161. The Labute approximate surface area is 127 Å². The minimum Gasteiger partial charge on any atom is -0.496 e. The average molecular weight is 290 g/mol. The number of hydrogen-bond acceptors (Lipinski definition) is 3. The molecule has 1 amide bonds. The fourth-order valence-electron chi connectivity index (χ4n) is 2.82. The number of methoxy groups -OCH3 is 1. The van der Waals surface area contributed by atoms with E-state index in [1.165, 1.54) is 12.0 Å². The summed E-state index contributed by atoms with van der Waals surface area (Å²) in [5.74, 6) is 1.73. The van der Waals surface area contributed by atoms with Gasteiger partial charge in [-0.25, -0.2) is 0 Å². The second-order valence-electron chi connectivity index (χ2n) is 5.81. The monoisotopic (exact) mass is 290 g/mol. The molecule has 1 aliphatic rings. The molecule has 4 heteroatoms. The molecule has 0 bridgehead atoms. The zero-order valence-electron chi connectivity index (χ0n) is 13.1. The summed E-state index contributed by atoms with van der Waals surface area (Å²) in [6.07, 6.45) is 3.64. The Hall–Kier alpha value is -1.55. The van der Waals surface area contributed by atoms with E-state index in [2.05, 4.69) is 23.6 Å². The van der Waals surface area contributed by atoms with E-state index in [1.54, 1.807) is 7.11 Å². The first-order chi connectivity index (χ1) is 10.2. The van der Waals surface area contributed by atoms with Crippen molar-refractivity contribution >= 4 is 5.91 Å². The number of nitrogens with one attached hydrogen (secondary N) is 2. The molecule has 0 aromatic heterocycles. The molecule has 0 radical (unpaired) electrons. The van der Waals surface area contributed by atoms with Crippen LogP contribution in [0.1, 0.15) is 30.4 Å². The van der Waals surface area contributed by atoms with E-state index in [0.717, 1.165) is 37.2 Å². The lowest BCUT2D eigenvalue weighted by Gasteiger charge is -2.11. The predicted octanol–water partition coefficient (Wildman–Crippen LogP) is 2.05. The lowest BCUT2D eigenvalue weighted by molar-refractivity contribution is -0.121. The highest BCUT2D eigenvalue weighted by molar-refractivity contribution is 5.75. The van der Waals surface area contributed by atoms with Crippen LogP contribution in [-0.2, 0) is 11.2 Å². The zero-order valence-corrected chi connectivity index (χ0v) is 13.1. The third-order valence-electron chi connectivity index (χ3n) is 4.09. The highest BCUT2D eigenvalue weighted by atomic mass is 16.5. The van der Waals surface area contributed by atoms with Gasteiger partial charge in [0.2, 0.25) is 5.91 Å². The standard InChI is InChI=1S/C17H26N2O2/c1-13-3-5-16(21-2)15(11-13)8-10-19-17(20)6-4-14-7-9-18-12-14/h3,5,11,14,18H,4,6-10,12H2,1-2H3,(H,19,20). The van der Waals surface area contributed by atoms with E-state index >= 15 is 0 Å². The Morgan fingerprint density at radius 3 is 3.05 bits per heavy atom. The first-order valence-electron chi connectivity index (χ1n) is 7.80. The first-order valence-corrected chi connectivity index (χ1v) is 7.80. The number of ether oxygens (including phenoxy) is 1. The van der Waals surface area contributed by atoms with Crippen molar-refractivity contribution in [3.05, 3.63) is 29.3 Å². The second-order valence-corrected chi connectivity index (χ2v) is 5.81. The van der Waals surface area contributed by atoms with Gasteiger partial charge in [-0.3, -0.25) is 4.79 Å². The number of aryl methyl sites for hydroxylation is 1. The molecule has 21 heavy (non-hydrogen) atoms. The van der Waals surface area contributed by atoms with E-state index in [-0.39, 0.29) is 5.91 Å². The SMILES string of the molecule is COc1ccc(C)cc1CCNC(=O)CCC1CCNC1. The lowest BCUT2D eigenvalue weighted by Crippen LogP contribution is -2.26. The maximum atomic E-state index is 11.8. The van der Waals surface area contributed by atoms with Gasteiger partial charge in [0, 0.05) is 13.0 Å². The van der Waals surface area contributed by atoms with Crippen molar-refractivity contribution in [3.63, 3.8) is 0 Å². The van der Waals surface area contributed by atoms with Crippen LogP contribution >= 0.6 is 0 Å². The van der Waals surface area contributed by atoms with E-state index < -0.39 is 0 Å². The van der Waals surface area contributed by atoms with Crippen molar-refractivity contribution < 1.29 is 9.53 Å². The molecule has 0 aliphatic carbocycles. The van der Waals surface area contributed by atoms with Gasteiger partial charge in [0.25, 0.3) is 0 Å². The summed E-state index contributed by atoms with van der Waals surface area (Å²) in [5, 5.41) is 6.34. The molecule has 1 unspecified atom stereocenters. The van der Waals surface area contributed by atoms with Crippen LogP contribution in [0, 0.1) is 12.8 Å². The fraction of sp³-hybridized carbons (Fsp3) is 0.588. The van der Waals surface area contributed by atoms with E-state index in [0.29, 0.717) is 18.9 Å². The van der Waals surface area contributed by atoms with Crippen LogP contribution in [0.2, 0.25) is 0 Å². The zero-order chi connectivity index (χ0) is 15.1. The number of rotatable bonds is 7. The van der Waals surface area contributed by atoms with Gasteiger partial charge in [0.1, 0.15) is 5.75 Å². The van der Waals surface area contributed by atoms with Crippen LogP contribution in [0.25, 0.3) is 0 Å². The second kappa shape index (κ2) is 8.03. The smallest absolute Gasteiger partial charge is 0.220 e. The van der Waals surface area contributed by atoms with Crippen molar-refractivity contribution in [3.8, 4) is 5.75 Å². The fourth-order valence-corrected chi connectivity index (χ4v) is 2.82. The number of benzene rings is 1. The van der Waals surface area contributed by atoms with Gasteiger partial charge in [-0.15, -0.1) is 0 Å². The number of amides is 1. The Morgan fingerprint density at radius 2 is 2.33 bits per heavy atom. The third kappa shape index (κ3) is 5.05. The Kier molecular flexibility index (Phi) is 6.05. The van der Waals surface area contributed by atoms with Crippen LogP contribution in [0.4, 0.5) is 0 Å². The van der Waals surface area contributed by atoms with Gasteiger partial charge in [0.05, 0.1) is 7.11 Å². The topological polar surface area (TPSA) is 50.4 Å². The van der Waals surface area contributed by atoms with Crippen LogP contribution in [0.5, 0.6) is 5.75 Å². The van der Waals surface area contributed by atoms with Crippen LogP contribution in [0.3, 0.4) is 0 Å². The normalized spacial score (nSPS) is 17.7. The molecule has 1 aromatic carbocycles. The number of carbonyl (C=O) groups excluding carboxylic acids is 1. The molecule has 1 aliphatic heterocycles. The summed E-state index contributed by atoms with van der Waals surface area (Å²) in [6, 6.07) is 6.14. The van der Waals surface area contributed by atoms with Crippen LogP contribution in [0.15, 0.2) is 18.2 Å². The molecule has 116 valence electrons. The van der Waals surface area contributed by atoms with Crippen molar-refractivity contribution in [1.82, 2.24) is 10.6 Å². The molecule has 1 atom stereocenters. The van der Waals surface area contributed by atoms with Gasteiger partial charge in [-0.2, -0.15) is 0 Å². The summed E-state index contributed by atoms with van der Waals surface area (Å²) in [5.41, 5.74) is 2.36. The van der Waals surface area contributed by atoms with Gasteiger partial charge in [-0.05, 0) is 56.8 Å². The molecule has 2 N–H and O–H groups in total. The van der Waals surface area contributed by atoms with Gasteiger partial charge in [-0.1, -0.05) is 17.7 Å². The average Bonchev–Trinajstić information content (AvgIpc) is 2.99. The van der Waals surface area contributed by atoms with Crippen LogP contribution in [-0.4, -0.2) is 32.7 Å². The summed E-state index contributed by atoms with van der Waals surface area (Å²) < 4.78 is 5.35. The minimum atomic E-state index is 0.161. The molecule has 1 aromatic rings. The lowest BCUT2D eigenvalue weighted by atomic mass is 10.0. The molecule has 1 heterocycles. The largest absolute Gasteiger partial charge is 0.496 e. The van der Waals surface area contributed by atoms with E-state index in [9.17, 15) is 4.79 Å². The number of hydrogen-bond donors (Lipinski definition) is 2. The van der Waals surface area contributed by atoms with Crippen molar-refractivity contribution in [2.75, 3.05) is 26.7 Å². The molecular formula is C17H26N2O2. The molecule has 1 fully saturated rings. The molecule has 0 saturated carbocycles. The molecule has 4 nitrogen and oxygen atoms in total. The highest BCUT2D eigenvalue weighted by Gasteiger charge is 2.15. The van der Waals surface area contributed by atoms with E-state index in [4.69, 9.17) is 4.74 Å². The number of carbonyl (C=O) groups is 1. The van der Waals surface area contributed by atoms with Gasteiger partial charge < -0.3 is 15.4 Å². The van der Waals surface area contributed by atoms with E-state index in [1.807, 2.05) is 12.1 Å². The van der Waals surface area contributed by atoms with Crippen molar-refractivity contribution in [2.45, 2.75) is 32.6 Å². The molecule has 0 spiro atoms. The Morgan fingerprint density at radius 1 is 1.48 bits per heavy atom. The summed E-state index contributed by atoms with van der Waals surface area (Å²) in [7, 11) is 1.68. The quantitative estimate of drug-likeness (QED) is 0.808. The highest BCUT2D eigenvalue weighted by Crippen LogP contribution is 2.19. The Balaban J connectivity index is 1.70.